The molecule has 236 valence electrons. The van der Waals surface area contributed by atoms with E-state index in [1.165, 1.54) is 81.6 Å². The molecule has 13 nitrogen and oxygen atoms in total. The minimum atomic E-state index is -4.71. The summed E-state index contributed by atoms with van der Waals surface area (Å²) in [6, 6.07) is 16.9. The van der Waals surface area contributed by atoms with Gasteiger partial charge >= 0.3 is 6.09 Å². The molecule has 1 saturated heterocycles. The smallest absolute Gasteiger partial charge is 0.410 e. The zero-order valence-electron chi connectivity index (χ0n) is 25.3. The average molecular weight is 637 g/mol. The number of likely N-dealkylation sites (tertiary alicyclic amines) is 1. The van der Waals surface area contributed by atoms with Crippen LogP contribution in [0.5, 0.6) is 17.2 Å². The SMILES string of the molecule is COc1ccc(S(=O)(=O)N2C(=O)C(c3ccccc3OC)(N3C[C@H](O)C[C@@H]3OC(=O)N(C)C)c3cc(C#N)ccc32)c(OC)c1. The van der Waals surface area contributed by atoms with Crippen LogP contribution >= 0.6 is 0 Å². The maximum absolute atomic E-state index is 15.2. The molecule has 0 saturated carbocycles. The molecule has 0 spiro atoms. The van der Waals surface area contributed by atoms with Crippen molar-refractivity contribution >= 4 is 27.7 Å². The first-order chi connectivity index (χ1) is 21.4. The summed E-state index contributed by atoms with van der Waals surface area (Å²) in [5.41, 5.74) is -1.61. The first-order valence-corrected chi connectivity index (χ1v) is 15.2. The van der Waals surface area contributed by atoms with Gasteiger partial charge in [-0.25, -0.2) is 22.4 Å². The zero-order valence-corrected chi connectivity index (χ0v) is 26.1. The Morgan fingerprint density at radius 3 is 2.36 bits per heavy atom. The summed E-state index contributed by atoms with van der Waals surface area (Å²) >= 11 is 0. The normalized spacial score (nSPS) is 21.2. The number of methoxy groups -OCH3 is 3. The molecule has 0 aromatic heterocycles. The predicted octanol–water partition coefficient (Wildman–Crippen LogP) is 2.65. The molecule has 1 fully saturated rings. The number of aliphatic hydroxyl groups is 1. The molecule has 1 N–H and O–H groups in total. The van der Waals surface area contributed by atoms with Crippen LogP contribution in [0.4, 0.5) is 10.5 Å². The number of hydrogen-bond donors (Lipinski definition) is 1. The molecule has 0 bridgehead atoms. The Morgan fingerprint density at radius 2 is 1.71 bits per heavy atom. The van der Waals surface area contributed by atoms with E-state index in [1.807, 2.05) is 0 Å². The van der Waals surface area contributed by atoms with E-state index in [0.29, 0.717) is 10.1 Å². The summed E-state index contributed by atoms with van der Waals surface area (Å²) < 4.78 is 51.9. The fourth-order valence-corrected chi connectivity index (χ4v) is 7.47. The highest BCUT2D eigenvalue weighted by atomic mass is 32.2. The highest BCUT2D eigenvalue weighted by Gasteiger charge is 2.64. The van der Waals surface area contributed by atoms with E-state index in [2.05, 4.69) is 6.07 Å². The van der Waals surface area contributed by atoms with Gasteiger partial charge in [0.15, 0.2) is 11.8 Å². The van der Waals surface area contributed by atoms with Crippen LogP contribution in [0.1, 0.15) is 23.1 Å². The second-order valence-corrected chi connectivity index (χ2v) is 12.4. The Hall–Kier alpha value is -4.84. The minimum Gasteiger partial charge on any atom is -0.497 e. The van der Waals surface area contributed by atoms with Crippen molar-refractivity contribution in [1.29, 1.82) is 5.26 Å². The standard InChI is InChI=1S/C31H32N4O9S/c1-33(2)30(38)44-28-15-20(36)18-34(28)31(22-8-6-7-9-25(22)42-4)23-14-19(17-32)10-12-24(23)35(29(31)37)45(39,40)27-13-11-21(41-3)16-26(27)43-5/h6-14,16,20,28,36H,15,18H2,1-5H3/t20-,28+,31?/m1/s1. The highest BCUT2D eigenvalue weighted by Crippen LogP contribution is 2.55. The number of fused-ring (bicyclic) bond motifs is 1. The van der Waals surface area contributed by atoms with Crippen LogP contribution in [0.25, 0.3) is 0 Å². The van der Waals surface area contributed by atoms with Crippen molar-refractivity contribution in [2.45, 2.75) is 29.2 Å². The van der Waals surface area contributed by atoms with Crippen LogP contribution in [0, 0.1) is 11.3 Å². The van der Waals surface area contributed by atoms with E-state index in [9.17, 15) is 23.6 Å². The predicted molar refractivity (Wildman–Crippen MR) is 160 cm³/mol. The van der Waals surface area contributed by atoms with Crippen molar-refractivity contribution < 1.29 is 42.1 Å². The molecule has 2 heterocycles. The molecule has 2 aliphatic rings. The van der Waals surface area contributed by atoms with Gasteiger partial charge in [-0.2, -0.15) is 5.26 Å². The molecule has 2 aliphatic heterocycles. The Bertz CT molecular complexity index is 1810. The summed E-state index contributed by atoms with van der Waals surface area (Å²) in [7, 11) is 2.37. The number of hydrogen-bond acceptors (Lipinski definition) is 11. The van der Waals surface area contributed by atoms with Gasteiger partial charge in [0.25, 0.3) is 15.9 Å². The average Bonchev–Trinajstić information content (AvgIpc) is 3.53. The highest BCUT2D eigenvalue weighted by molar-refractivity contribution is 7.93. The van der Waals surface area contributed by atoms with Gasteiger partial charge in [0, 0.05) is 44.3 Å². The van der Waals surface area contributed by atoms with Crippen molar-refractivity contribution in [3.63, 3.8) is 0 Å². The summed E-state index contributed by atoms with van der Waals surface area (Å²) in [6.45, 7) is -0.189. The lowest BCUT2D eigenvalue weighted by Gasteiger charge is -2.41. The van der Waals surface area contributed by atoms with Gasteiger partial charge in [0.05, 0.1) is 44.8 Å². The molecule has 5 rings (SSSR count). The fourth-order valence-electron chi connectivity index (χ4n) is 5.87. The maximum atomic E-state index is 15.2. The van der Waals surface area contributed by atoms with E-state index in [4.69, 9.17) is 18.9 Å². The number of amides is 2. The number of aliphatic hydroxyl groups excluding tert-OH is 1. The van der Waals surface area contributed by atoms with Gasteiger partial charge in [0.2, 0.25) is 0 Å². The van der Waals surface area contributed by atoms with Crippen LogP contribution in [-0.2, 0) is 25.1 Å². The summed E-state index contributed by atoms with van der Waals surface area (Å²) in [5.74, 6) is -0.478. The van der Waals surface area contributed by atoms with Gasteiger partial charge in [-0.05, 0) is 36.4 Å². The molecule has 3 atom stereocenters. The van der Waals surface area contributed by atoms with Crippen LogP contribution in [0.3, 0.4) is 0 Å². The Balaban J connectivity index is 1.85. The number of benzene rings is 3. The number of sulfonamides is 1. The molecule has 3 aromatic rings. The Kier molecular flexibility index (Phi) is 8.37. The number of carbonyl (C=O) groups excluding carboxylic acids is 2. The molecule has 2 amide bonds. The van der Waals surface area contributed by atoms with Crippen LogP contribution < -0.4 is 18.5 Å². The van der Waals surface area contributed by atoms with E-state index in [0.717, 1.165) is 0 Å². The monoisotopic (exact) mass is 636 g/mol. The van der Waals surface area contributed by atoms with Crippen molar-refractivity contribution in [3.8, 4) is 23.3 Å². The molecule has 14 heteroatoms. The summed E-state index contributed by atoms with van der Waals surface area (Å²) in [6.07, 6.45) is -3.05. The van der Waals surface area contributed by atoms with Crippen LogP contribution in [-0.4, -0.2) is 89.6 Å². The second kappa shape index (κ2) is 11.9. The van der Waals surface area contributed by atoms with Crippen LogP contribution in [0.2, 0.25) is 0 Å². The third kappa shape index (κ3) is 4.98. The van der Waals surface area contributed by atoms with E-state index >= 15 is 4.79 Å². The van der Waals surface area contributed by atoms with Gasteiger partial charge in [-0.1, -0.05) is 18.2 Å². The third-order valence-electron chi connectivity index (χ3n) is 7.88. The molecular formula is C31H32N4O9S. The lowest BCUT2D eigenvalue weighted by molar-refractivity contribution is -0.132. The number of para-hydroxylation sites is 1. The number of rotatable bonds is 8. The van der Waals surface area contributed by atoms with Gasteiger partial charge < -0.3 is 29.0 Å². The number of anilines is 1. The molecule has 3 aromatic carbocycles. The van der Waals surface area contributed by atoms with E-state index in [1.54, 1.807) is 24.3 Å². The fraction of sp³-hybridized carbons (Fsp3) is 0.323. The number of nitriles is 1. The van der Waals surface area contributed by atoms with Crippen molar-refractivity contribution in [2.24, 2.45) is 0 Å². The zero-order chi connectivity index (χ0) is 32.7. The first kappa shape index (κ1) is 31.6. The molecular weight excluding hydrogens is 604 g/mol. The minimum absolute atomic E-state index is 0.0400. The molecule has 0 radical (unpaired) electrons. The number of β-amino-alcohol motifs (C(OH)–C–C–N with tert-alkyl or cyclic N) is 1. The molecule has 1 unspecified atom stereocenters. The lowest BCUT2D eigenvalue weighted by Crippen LogP contribution is -2.57. The third-order valence-corrected chi connectivity index (χ3v) is 9.61. The van der Waals surface area contributed by atoms with Crippen molar-refractivity contribution in [1.82, 2.24) is 9.80 Å². The van der Waals surface area contributed by atoms with Gasteiger partial charge in [-0.15, -0.1) is 0 Å². The maximum Gasteiger partial charge on any atom is 0.410 e. The number of carbonyl (C=O) groups is 2. The second-order valence-electron chi connectivity index (χ2n) is 10.6. The number of ether oxygens (including phenoxy) is 4. The van der Waals surface area contributed by atoms with Crippen molar-refractivity contribution in [2.75, 3.05) is 46.3 Å². The van der Waals surface area contributed by atoms with Crippen LogP contribution in [0.15, 0.2) is 65.6 Å². The molecule has 45 heavy (non-hydrogen) atoms. The topological polar surface area (TPSA) is 159 Å². The number of nitrogens with zero attached hydrogens (tertiary/aromatic N) is 4. The Morgan fingerprint density at radius 1 is 1.00 bits per heavy atom. The summed E-state index contributed by atoms with van der Waals surface area (Å²) in [5, 5.41) is 20.8. The quantitative estimate of drug-likeness (QED) is 0.387. The summed E-state index contributed by atoms with van der Waals surface area (Å²) in [4.78, 5) is 30.4. The lowest BCUT2D eigenvalue weighted by atomic mass is 9.81. The van der Waals surface area contributed by atoms with Gasteiger partial charge in [-0.3, -0.25) is 4.79 Å². The molecule has 0 aliphatic carbocycles. The van der Waals surface area contributed by atoms with E-state index < -0.39 is 39.9 Å². The van der Waals surface area contributed by atoms with Gasteiger partial charge in [0.1, 0.15) is 22.1 Å². The van der Waals surface area contributed by atoms with E-state index in [-0.39, 0.29) is 51.7 Å². The Labute approximate surface area is 260 Å². The van der Waals surface area contributed by atoms with Crippen molar-refractivity contribution in [3.05, 3.63) is 77.4 Å². The largest absolute Gasteiger partial charge is 0.497 e. The first-order valence-electron chi connectivity index (χ1n) is 13.8.